The van der Waals surface area contributed by atoms with Gasteiger partial charge in [-0.2, -0.15) is 0 Å². The lowest BCUT2D eigenvalue weighted by atomic mass is 10.1. The molecule has 0 fully saturated rings. The standard InChI is InChI=1S/C11H18N2O2/c1-9(14)13(7-8-15-2)11-5-3-10(12)4-6-11/h3,5H,4,6-8,12H2,1-2H3. The van der Waals surface area contributed by atoms with E-state index in [9.17, 15) is 4.79 Å². The quantitative estimate of drug-likeness (QED) is 0.753. The summed E-state index contributed by atoms with van der Waals surface area (Å²) in [7, 11) is 1.63. The molecule has 0 radical (unpaired) electrons. The summed E-state index contributed by atoms with van der Waals surface area (Å²) in [5.41, 5.74) is 7.55. The molecule has 0 aromatic carbocycles. The highest BCUT2D eigenvalue weighted by atomic mass is 16.5. The molecular weight excluding hydrogens is 192 g/mol. The molecule has 0 aromatic rings. The van der Waals surface area contributed by atoms with E-state index in [0.717, 1.165) is 24.2 Å². The molecule has 0 unspecified atom stereocenters. The lowest BCUT2D eigenvalue weighted by Crippen LogP contribution is -2.32. The fraction of sp³-hybridized carbons (Fsp3) is 0.545. The zero-order chi connectivity index (χ0) is 11.3. The zero-order valence-corrected chi connectivity index (χ0v) is 9.32. The fourth-order valence-corrected chi connectivity index (χ4v) is 1.55. The van der Waals surface area contributed by atoms with Crippen LogP contribution < -0.4 is 5.73 Å². The van der Waals surface area contributed by atoms with Crippen LogP contribution in [-0.4, -0.2) is 31.1 Å². The molecule has 1 aliphatic carbocycles. The van der Waals surface area contributed by atoms with Crippen LogP contribution in [0.4, 0.5) is 0 Å². The van der Waals surface area contributed by atoms with Crippen molar-refractivity contribution in [3.05, 3.63) is 23.5 Å². The number of ether oxygens (including phenoxy) is 1. The second-order valence-corrected chi connectivity index (χ2v) is 3.56. The molecule has 0 aromatic heterocycles. The van der Waals surface area contributed by atoms with Crippen molar-refractivity contribution in [1.82, 2.24) is 4.90 Å². The molecule has 0 heterocycles. The maximum absolute atomic E-state index is 11.4. The molecule has 4 heteroatoms. The Hall–Kier alpha value is -1.29. The molecule has 2 N–H and O–H groups in total. The van der Waals surface area contributed by atoms with Crippen molar-refractivity contribution in [2.45, 2.75) is 19.8 Å². The van der Waals surface area contributed by atoms with Gasteiger partial charge in [-0.3, -0.25) is 4.79 Å². The van der Waals surface area contributed by atoms with Crippen LogP contribution >= 0.6 is 0 Å². The first kappa shape index (κ1) is 11.8. The van der Waals surface area contributed by atoms with Gasteiger partial charge >= 0.3 is 0 Å². The molecule has 0 atom stereocenters. The van der Waals surface area contributed by atoms with Gasteiger partial charge in [0.1, 0.15) is 0 Å². The fourth-order valence-electron chi connectivity index (χ4n) is 1.55. The van der Waals surface area contributed by atoms with E-state index in [1.807, 2.05) is 12.2 Å². The van der Waals surface area contributed by atoms with Crippen LogP contribution in [0.1, 0.15) is 19.8 Å². The van der Waals surface area contributed by atoms with Crippen molar-refractivity contribution in [3.8, 4) is 0 Å². The molecule has 0 aliphatic heterocycles. The predicted octanol–water partition coefficient (Wildman–Crippen LogP) is 1.00. The highest BCUT2D eigenvalue weighted by molar-refractivity contribution is 5.75. The lowest BCUT2D eigenvalue weighted by molar-refractivity contribution is -0.127. The Morgan fingerprint density at radius 2 is 2.27 bits per heavy atom. The lowest BCUT2D eigenvalue weighted by Gasteiger charge is -2.25. The van der Waals surface area contributed by atoms with Crippen molar-refractivity contribution >= 4 is 5.91 Å². The minimum atomic E-state index is 0.0483. The van der Waals surface area contributed by atoms with Gasteiger partial charge in [-0.15, -0.1) is 0 Å². The Morgan fingerprint density at radius 1 is 1.53 bits per heavy atom. The summed E-state index contributed by atoms with van der Waals surface area (Å²) in [6.45, 7) is 2.72. The number of methoxy groups -OCH3 is 1. The average Bonchev–Trinajstić information content (AvgIpc) is 2.21. The van der Waals surface area contributed by atoms with E-state index >= 15 is 0 Å². The van der Waals surface area contributed by atoms with Crippen LogP contribution in [0.15, 0.2) is 23.5 Å². The number of allylic oxidation sites excluding steroid dienone is 4. The van der Waals surface area contributed by atoms with E-state index in [-0.39, 0.29) is 5.91 Å². The van der Waals surface area contributed by atoms with E-state index < -0.39 is 0 Å². The first-order valence-electron chi connectivity index (χ1n) is 5.07. The highest BCUT2D eigenvalue weighted by Crippen LogP contribution is 2.18. The molecule has 4 nitrogen and oxygen atoms in total. The third-order valence-electron chi connectivity index (χ3n) is 2.41. The third-order valence-corrected chi connectivity index (χ3v) is 2.41. The van der Waals surface area contributed by atoms with Crippen molar-refractivity contribution < 1.29 is 9.53 Å². The summed E-state index contributed by atoms with van der Waals surface area (Å²) in [5, 5.41) is 0. The van der Waals surface area contributed by atoms with Crippen LogP contribution in [0.2, 0.25) is 0 Å². The summed E-state index contributed by atoms with van der Waals surface area (Å²) in [4.78, 5) is 13.2. The van der Waals surface area contributed by atoms with Gasteiger partial charge in [0.05, 0.1) is 6.61 Å². The van der Waals surface area contributed by atoms with E-state index in [1.54, 1.807) is 18.9 Å². The summed E-state index contributed by atoms with van der Waals surface area (Å²) < 4.78 is 4.97. The molecule has 1 rings (SSSR count). The topological polar surface area (TPSA) is 55.6 Å². The molecule has 0 bridgehead atoms. The summed E-state index contributed by atoms with van der Waals surface area (Å²) >= 11 is 0. The van der Waals surface area contributed by atoms with Gasteiger partial charge in [0.25, 0.3) is 0 Å². The van der Waals surface area contributed by atoms with Gasteiger partial charge in [0.15, 0.2) is 0 Å². The molecule has 0 spiro atoms. The van der Waals surface area contributed by atoms with Crippen molar-refractivity contribution in [2.75, 3.05) is 20.3 Å². The summed E-state index contributed by atoms with van der Waals surface area (Å²) in [6.07, 6.45) is 5.42. The number of nitrogens with two attached hydrogens (primary N) is 1. The summed E-state index contributed by atoms with van der Waals surface area (Å²) in [5.74, 6) is 0.0483. The first-order valence-corrected chi connectivity index (χ1v) is 5.07. The van der Waals surface area contributed by atoms with Crippen LogP contribution in [0, 0.1) is 0 Å². The molecular formula is C11H18N2O2. The minimum Gasteiger partial charge on any atom is -0.402 e. The van der Waals surface area contributed by atoms with Crippen LogP contribution in [0.25, 0.3) is 0 Å². The number of nitrogens with zero attached hydrogens (tertiary/aromatic N) is 1. The van der Waals surface area contributed by atoms with E-state index in [0.29, 0.717) is 13.2 Å². The Labute approximate surface area is 90.4 Å². The normalized spacial score (nSPS) is 15.6. The van der Waals surface area contributed by atoms with Gasteiger partial charge in [-0.05, 0) is 25.0 Å². The molecule has 0 saturated carbocycles. The van der Waals surface area contributed by atoms with E-state index in [1.165, 1.54) is 0 Å². The number of amides is 1. The van der Waals surface area contributed by atoms with Crippen LogP contribution in [0.5, 0.6) is 0 Å². The maximum Gasteiger partial charge on any atom is 0.223 e. The number of hydrogen-bond acceptors (Lipinski definition) is 3. The van der Waals surface area contributed by atoms with Gasteiger partial charge < -0.3 is 15.4 Å². The monoisotopic (exact) mass is 210 g/mol. The van der Waals surface area contributed by atoms with Crippen LogP contribution in [-0.2, 0) is 9.53 Å². The maximum atomic E-state index is 11.4. The Balaban J connectivity index is 2.68. The van der Waals surface area contributed by atoms with Crippen LogP contribution in [0.3, 0.4) is 0 Å². The molecule has 1 aliphatic rings. The number of hydrogen-bond donors (Lipinski definition) is 1. The Morgan fingerprint density at radius 3 is 2.73 bits per heavy atom. The van der Waals surface area contributed by atoms with E-state index in [4.69, 9.17) is 10.5 Å². The highest BCUT2D eigenvalue weighted by Gasteiger charge is 2.15. The van der Waals surface area contributed by atoms with Crippen molar-refractivity contribution in [3.63, 3.8) is 0 Å². The molecule has 1 amide bonds. The first-order chi connectivity index (χ1) is 7.15. The largest absolute Gasteiger partial charge is 0.402 e. The Bertz CT molecular complexity index is 295. The number of rotatable bonds is 4. The van der Waals surface area contributed by atoms with Gasteiger partial charge in [0.2, 0.25) is 5.91 Å². The average molecular weight is 210 g/mol. The van der Waals surface area contributed by atoms with Crippen molar-refractivity contribution in [2.24, 2.45) is 5.73 Å². The van der Waals surface area contributed by atoms with E-state index in [2.05, 4.69) is 0 Å². The minimum absolute atomic E-state index is 0.0483. The van der Waals surface area contributed by atoms with Gasteiger partial charge in [-0.25, -0.2) is 0 Å². The van der Waals surface area contributed by atoms with Gasteiger partial charge in [0, 0.05) is 32.0 Å². The second kappa shape index (κ2) is 5.56. The molecule has 0 saturated heterocycles. The number of carbonyl (C=O) groups is 1. The summed E-state index contributed by atoms with van der Waals surface area (Å²) in [6, 6.07) is 0. The SMILES string of the molecule is COCCN(C(C)=O)C1=CC=C(N)CC1. The molecule has 84 valence electrons. The van der Waals surface area contributed by atoms with Crippen molar-refractivity contribution in [1.29, 1.82) is 0 Å². The zero-order valence-electron chi connectivity index (χ0n) is 9.32. The number of carbonyl (C=O) groups excluding carboxylic acids is 1. The molecule has 15 heavy (non-hydrogen) atoms. The Kier molecular flexibility index (Phi) is 4.37. The smallest absolute Gasteiger partial charge is 0.223 e. The second-order valence-electron chi connectivity index (χ2n) is 3.56. The third kappa shape index (κ3) is 3.40. The van der Waals surface area contributed by atoms with Gasteiger partial charge in [-0.1, -0.05) is 0 Å². The predicted molar refractivity (Wildman–Crippen MR) is 58.9 cm³/mol.